The van der Waals surface area contributed by atoms with Gasteiger partial charge in [0.1, 0.15) is 0 Å². The van der Waals surface area contributed by atoms with Crippen molar-refractivity contribution in [2.45, 2.75) is 30.6 Å². The van der Waals surface area contributed by atoms with Gasteiger partial charge in [-0.2, -0.15) is 4.31 Å². The molecule has 2 rings (SSSR count). The molecule has 7 nitrogen and oxygen atoms in total. The number of amides is 1. The largest absolute Gasteiger partial charge is 0.392 e. The quantitative estimate of drug-likeness (QED) is 0.829. The van der Waals surface area contributed by atoms with E-state index in [0.29, 0.717) is 18.7 Å². The molecule has 1 fully saturated rings. The maximum absolute atomic E-state index is 12.4. The van der Waals surface area contributed by atoms with Crippen LogP contribution in [0.25, 0.3) is 0 Å². The molecule has 106 valence electrons. The lowest BCUT2D eigenvalue weighted by Crippen LogP contribution is -2.29. The van der Waals surface area contributed by atoms with Crippen LogP contribution in [0.1, 0.15) is 19.0 Å². The fourth-order valence-electron chi connectivity index (χ4n) is 1.87. The third-order valence-electron chi connectivity index (χ3n) is 2.74. The first-order valence-corrected chi connectivity index (χ1v) is 7.99. The van der Waals surface area contributed by atoms with Crippen molar-refractivity contribution in [3.05, 3.63) is 5.69 Å². The third kappa shape index (κ3) is 2.94. The summed E-state index contributed by atoms with van der Waals surface area (Å²) < 4.78 is 26.1. The molecule has 0 aromatic carbocycles. The predicted molar refractivity (Wildman–Crippen MR) is 70.5 cm³/mol. The molecule has 0 bridgehead atoms. The summed E-state index contributed by atoms with van der Waals surface area (Å²) in [5, 5.41) is 12.2. The normalized spacial score (nSPS) is 20.7. The van der Waals surface area contributed by atoms with Crippen molar-refractivity contribution in [1.29, 1.82) is 0 Å². The number of nitrogens with zero attached hydrogens (tertiary/aromatic N) is 2. The molecule has 1 saturated heterocycles. The summed E-state index contributed by atoms with van der Waals surface area (Å²) in [6.07, 6.45) is -0.173. The number of β-amino-alcohol motifs (C(OH)–C–C–N with tert-alkyl or cyclic N) is 1. The minimum Gasteiger partial charge on any atom is -0.392 e. The van der Waals surface area contributed by atoms with E-state index in [1.54, 1.807) is 6.92 Å². The Balaban J connectivity index is 2.30. The number of rotatable bonds is 3. The Morgan fingerprint density at radius 1 is 1.58 bits per heavy atom. The Hall–Kier alpha value is -1.03. The lowest BCUT2D eigenvalue weighted by atomic mass is 10.3. The second-order valence-corrected chi connectivity index (χ2v) is 7.51. The van der Waals surface area contributed by atoms with E-state index in [9.17, 15) is 18.3 Å². The maximum atomic E-state index is 12.4. The number of hydrogen-bond acceptors (Lipinski definition) is 6. The van der Waals surface area contributed by atoms with Crippen LogP contribution < -0.4 is 5.32 Å². The van der Waals surface area contributed by atoms with Crippen LogP contribution in [0.5, 0.6) is 0 Å². The number of carbonyl (C=O) groups excluding carboxylic acids is 1. The molecule has 1 aliphatic heterocycles. The number of carbonyl (C=O) groups is 1. The fourth-order valence-corrected chi connectivity index (χ4v) is 4.96. The molecule has 0 spiro atoms. The number of nitrogens with one attached hydrogen (secondary N) is 1. The highest BCUT2D eigenvalue weighted by Crippen LogP contribution is 2.31. The van der Waals surface area contributed by atoms with Crippen molar-refractivity contribution < 1.29 is 18.3 Å². The van der Waals surface area contributed by atoms with E-state index < -0.39 is 16.1 Å². The van der Waals surface area contributed by atoms with Crippen molar-refractivity contribution >= 4 is 32.4 Å². The van der Waals surface area contributed by atoms with Gasteiger partial charge < -0.3 is 10.4 Å². The number of aliphatic hydroxyl groups excluding tert-OH is 1. The van der Waals surface area contributed by atoms with E-state index in [1.165, 1.54) is 11.2 Å². The molecule has 1 unspecified atom stereocenters. The highest BCUT2D eigenvalue weighted by Gasteiger charge is 2.34. The minimum atomic E-state index is -3.64. The molecule has 1 amide bonds. The molecule has 0 aliphatic carbocycles. The van der Waals surface area contributed by atoms with Crippen LogP contribution in [0, 0.1) is 6.92 Å². The van der Waals surface area contributed by atoms with Gasteiger partial charge in [0.05, 0.1) is 11.8 Å². The number of anilines is 1. The second kappa shape index (κ2) is 5.16. The Labute approximate surface area is 115 Å². The van der Waals surface area contributed by atoms with Gasteiger partial charge >= 0.3 is 0 Å². The molecule has 2 heterocycles. The first-order valence-electron chi connectivity index (χ1n) is 5.74. The molecular formula is C10H15N3O4S2. The molecule has 1 atom stereocenters. The number of aromatic nitrogens is 1. The average molecular weight is 305 g/mol. The molecule has 9 heteroatoms. The van der Waals surface area contributed by atoms with Gasteiger partial charge in [0.2, 0.25) is 5.91 Å². The summed E-state index contributed by atoms with van der Waals surface area (Å²) in [7, 11) is -3.64. The van der Waals surface area contributed by atoms with Crippen LogP contribution in [0.2, 0.25) is 0 Å². The highest BCUT2D eigenvalue weighted by atomic mass is 32.2. The molecule has 2 N–H and O–H groups in total. The Kier molecular flexibility index (Phi) is 3.90. The zero-order valence-electron chi connectivity index (χ0n) is 10.6. The molecule has 0 radical (unpaired) electrons. The van der Waals surface area contributed by atoms with Crippen LogP contribution in [-0.4, -0.2) is 47.9 Å². The van der Waals surface area contributed by atoms with Crippen LogP contribution >= 0.6 is 11.3 Å². The summed E-state index contributed by atoms with van der Waals surface area (Å²) in [6.45, 7) is 3.33. The third-order valence-corrected chi connectivity index (χ3v) is 6.26. The summed E-state index contributed by atoms with van der Waals surface area (Å²) >= 11 is 0.929. The topological polar surface area (TPSA) is 99.6 Å². The van der Waals surface area contributed by atoms with Crippen molar-refractivity contribution in [2.24, 2.45) is 0 Å². The number of sulfonamides is 1. The lowest BCUT2D eigenvalue weighted by Gasteiger charge is -2.14. The molecule has 0 saturated carbocycles. The van der Waals surface area contributed by atoms with Crippen molar-refractivity contribution in [2.75, 3.05) is 18.4 Å². The molecule has 1 aliphatic rings. The summed E-state index contributed by atoms with van der Waals surface area (Å²) in [5.41, 5.74) is 0.357. The van der Waals surface area contributed by atoms with Gasteiger partial charge in [0.15, 0.2) is 9.34 Å². The molecule has 19 heavy (non-hydrogen) atoms. The average Bonchev–Trinajstić information content (AvgIpc) is 2.85. The summed E-state index contributed by atoms with van der Waals surface area (Å²) in [4.78, 5) is 15.0. The lowest BCUT2D eigenvalue weighted by molar-refractivity contribution is -0.114. The van der Waals surface area contributed by atoms with E-state index in [1.807, 2.05) is 0 Å². The van der Waals surface area contributed by atoms with Gasteiger partial charge in [0, 0.05) is 20.0 Å². The molecule has 1 aromatic heterocycles. The number of thiazole rings is 1. The zero-order valence-corrected chi connectivity index (χ0v) is 12.2. The van der Waals surface area contributed by atoms with Gasteiger partial charge in [-0.1, -0.05) is 11.3 Å². The van der Waals surface area contributed by atoms with Gasteiger partial charge in [0.25, 0.3) is 10.0 Å². The van der Waals surface area contributed by atoms with E-state index in [2.05, 4.69) is 10.3 Å². The number of aryl methyl sites for hydroxylation is 1. The zero-order chi connectivity index (χ0) is 14.2. The Morgan fingerprint density at radius 2 is 2.26 bits per heavy atom. The molecular weight excluding hydrogens is 290 g/mol. The number of aliphatic hydroxyl groups is 1. The Morgan fingerprint density at radius 3 is 2.79 bits per heavy atom. The predicted octanol–water partition coefficient (Wildman–Crippen LogP) is 0.165. The van der Waals surface area contributed by atoms with Crippen LogP contribution in [0.4, 0.5) is 5.13 Å². The van der Waals surface area contributed by atoms with E-state index in [-0.39, 0.29) is 21.8 Å². The van der Waals surface area contributed by atoms with Gasteiger partial charge in [-0.15, -0.1) is 0 Å². The SMILES string of the molecule is CC(=O)Nc1nc(C)c(S(=O)(=O)N2CCC(O)C2)s1. The fraction of sp³-hybridized carbons (Fsp3) is 0.600. The highest BCUT2D eigenvalue weighted by molar-refractivity contribution is 7.91. The van der Waals surface area contributed by atoms with Crippen LogP contribution in [-0.2, 0) is 14.8 Å². The van der Waals surface area contributed by atoms with Crippen LogP contribution in [0.3, 0.4) is 0 Å². The summed E-state index contributed by atoms with van der Waals surface area (Å²) in [6, 6.07) is 0. The second-order valence-electron chi connectivity index (χ2n) is 4.38. The van der Waals surface area contributed by atoms with E-state index >= 15 is 0 Å². The standard InChI is InChI=1S/C10H15N3O4S2/c1-6-9(18-10(11-6)12-7(2)14)19(16,17)13-4-3-8(15)5-13/h8,15H,3-5H2,1-2H3,(H,11,12,14). The van der Waals surface area contributed by atoms with E-state index in [4.69, 9.17) is 0 Å². The minimum absolute atomic E-state index is 0.106. The van der Waals surface area contributed by atoms with Gasteiger partial charge in [-0.05, 0) is 13.3 Å². The first-order chi connectivity index (χ1) is 8.80. The van der Waals surface area contributed by atoms with Crippen molar-refractivity contribution in [3.8, 4) is 0 Å². The maximum Gasteiger partial charge on any atom is 0.254 e. The molecule has 1 aromatic rings. The number of hydrogen-bond donors (Lipinski definition) is 2. The van der Waals surface area contributed by atoms with Crippen molar-refractivity contribution in [1.82, 2.24) is 9.29 Å². The monoisotopic (exact) mass is 305 g/mol. The summed E-state index contributed by atoms with van der Waals surface area (Å²) in [5.74, 6) is -0.297. The first kappa shape index (κ1) is 14.4. The van der Waals surface area contributed by atoms with Gasteiger partial charge in [-0.25, -0.2) is 13.4 Å². The van der Waals surface area contributed by atoms with Crippen LogP contribution in [0.15, 0.2) is 4.21 Å². The van der Waals surface area contributed by atoms with Crippen molar-refractivity contribution in [3.63, 3.8) is 0 Å². The smallest absolute Gasteiger partial charge is 0.254 e. The Bertz CT molecular complexity index is 596. The van der Waals surface area contributed by atoms with E-state index in [0.717, 1.165) is 11.3 Å². The van der Waals surface area contributed by atoms with Gasteiger partial charge in [-0.3, -0.25) is 4.79 Å².